The molecule has 6 nitrogen and oxygen atoms in total. The topological polar surface area (TPSA) is 62.2 Å². The second-order valence-corrected chi connectivity index (χ2v) is 8.34. The first kappa shape index (κ1) is 18.7. The number of rotatable bonds is 3. The van der Waals surface area contributed by atoms with Crippen LogP contribution >= 0.6 is 0 Å². The highest BCUT2D eigenvalue weighted by Gasteiger charge is 2.49. The van der Waals surface area contributed by atoms with Crippen molar-refractivity contribution >= 4 is 11.6 Å². The maximum atomic E-state index is 13.4. The van der Waals surface area contributed by atoms with Crippen LogP contribution in [0.5, 0.6) is 0 Å². The van der Waals surface area contributed by atoms with Crippen molar-refractivity contribution in [3.05, 3.63) is 83.7 Å². The van der Waals surface area contributed by atoms with Gasteiger partial charge in [0.25, 0.3) is 5.91 Å². The average molecular weight is 399 g/mol. The number of fused-ring (bicyclic) bond motifs is 1. The molecule has 0 saturated carbocycles. The van der Waals surface area contributed by atoms with Gasteiger partial charge >= 0.3 is 0 Å². The predicted molar refractivity (Wildman–Crippen MR) is 115 cm³/mol. The van der Waals surface area contributed by atoms with Crippen molar-refractivity contribution in [3.8, 4) is 0 Å². The fourth-order valence-corrected chi connectivity index (χ4v) is 4.99. The lowest BCUT2D eigenvalue weighted by atomic mass is 9.87. The molecule has 3 aromatic rings. The molecule has 1 amide bonds. The van der Waals surface area contributed by atoms with Gasteiger partial charge in [0.1, 0.15) is 5.69 Å². The lowest BCUT2D eigenvalue weighted by molar-refractivity contribution is 0.0708. The Morgan fingerprint density at radius 3 is 2.50 bits per heavy atom. The monoisotopic (exact) mass is 399 g/mol. The molecule has 2 saturated heterocycles. The number of nitrogens with zero attached hydrogens (tertiary/aromatic N) is 5. The Balaban J connectivity index is 1.49. The first-order valence-electron chi connectivity index (χ1n) is 10.4. The maximum absolute atomic E-state index is 13.4. The van der Waals surface area contributed by atoms with Crippen molar-refractivity contribution in [3.63, 3.8) is 0 Å². The number of anilines is 1. The highest BCUT2D eigenvalue weighted by molar-refractivity contribution is 5.92. The smallest absolute Gasteiger partial charge is 0.274 e. The van der Waals surface area contributed by atoms with Crippen molar-refractivity contribution < 1.29 is 4.79 Å². The van der Waals surface area contributed by atoms with Crippen LogP contribution in [0.15, 0.2) is 61.2 Å². The fourth-order valence-electron chi connectivity index (χ4n) is 4.99. The molecule has 0 N–H and O–H groups in total. The van der Waals surface area contributed by atoms with Crippen LogP contribution in [-0.4, -0.2) is 45.4 Å². The molecule has 3 atom stereocenters. The zero-order chi connectivity index (χ0) is 20.7. The Kier molecular flexibility index (Phi) is 4.69. The molecule has 0 radical (unpaired) electrons. The largest absolute Gasteiger partial charge is 0.371 e. The van der Waals surface area contributed by atoms with Crippen LogP contribution in [-0.2, 0) is 0 Å². The zero-order valence-corrected chi connectivity index (χ0v) is 17.3. The van der Waals surface area contributed by atoms with Crippen molar-refractivity contribution in [2.75, 3.05) is 24.5 Å². The SMILES string of the molecule is Cc1cnc(C(=O)N2C[C@@H]3CN(c4ccncc4)C[C@@H]3[C@H]2c2ccccc2C)cn1. The summed E-state index contributed by atoms with van der Waals surface area (Å²) in [6, 6.07) is 12.6. The fraction of sp³-hybridized carbons (Fsp3) is 0.333. The van der Waals surface area contributed by atoms with E-state index in [-0.39, 0.29) is 11.9 Å². The summed E-state index contributed by atoms with van der Waals surface area (Å²) in [6.45, 7) is 6.62. The summed E-state index contributed by atoms with van der Waals surface area (Å²) < 4.78 is 0. The third kappa shape index (κ3) is 3.22. The van der Waals surface area contributed by atoms with Crippen LogP contribution in [0.25, 0.3) is 0 Å². The van der Waals surface area contributed by atoms with Gasteiger partial charge in [0.05, 0.1) is 17.9 Å². The minimum Gasteiger partial charge on any atom is -0.371 e. The molecule has 2 aromatic heterocycles. The summed E-state index contributed by atoms with van der Waals surface area (Å²) in [4.78, 5) is 30.7. The molecule has 6 heteroatoms. The van der Waals surface area contributed by atoms with Gasteiger partial charge in [-0.15, -0.1) is 0 Å². The van der Waals surface area contributed by atoms with E-state index in [0.717, 1.165) is 25.3 Å². The summed E-state index contributed by atoms with van der Waals surface area (Å²) in [6.07, 6.45) is 6.95. The minimum absolute atomic E-state index is 0.0272. The average Bonchev–Trinajstić information content (AvgIpc) is 3.33. The standard InChI is InChI=1S/C24H25N5O/c1-16-5-3-4-6-20(16)23-21-15-28(19-7-9-25-10-8-19)13-18(21)14-29(23)24(30)22-12-26-17(2)11-27-22/h3-12,18,21,23H,13-15H2,1-2H3/t18-,21-,23+/m0/s1. The number of aryl methyl sites for hydroxylation is 2. The molecule has 1 aromatic carbocycles. The summed E-state index contributed by atoms with van der Waals surface area (Å²) in [5, 5.41) is 0. The van der Waals surface area contributed by atoms with E-state index in [4.69, 9.17) is 0 Å². The van der Waals surface area contributed by atoms with Gasteiger partial charge in [0, 0.05) is 55.7 Å². The molecule has 0 bridgehead atoms. The third-order valence-corrected chi connectivity index (χ3v) is 6.46. The highest BCUT2D eigenvalue weighted by Crippen LogP contribution is 2.47. The summed E-state index contributed by atoms with van der Waals surface area (Å²) in [5.41, 5.74) is 4.89. The van der Waals surface area contributed by atoms with E-state index < -0.39 is 0 Å². The number of aromatic nitrogens is 3. The Bertz CT molecular complexity index is 1050. The summed E-state index contributed by atoms with van der Waals surface area (Å²) in [7, 11) is 0. The number of likely N-dealkylation sites (tertiary alicyclic amines) is 1. The molecular formula is C24H25N5O. The van der Waals surface area contributed by atoms with Crippen LogP contribution in [0, 0.1) is 25.7 Å². The van der Waals surface area contributed by atoms with Crippen LogP contribution in [0.4, 0.5) is 5.69 Å². The number of carbonyl (C=O) groups excluding carboxylic acids is 1. The van der Waals surface area contributed by atoms with E-state index in [1.807, 2.05) is 24.2 Å². The van der Waals surface area contributed by atoms with Crippen LogP contribution in [0.2, 0.25) is 0 Å². The van der Waals surface area contributed by atoms with E-state index in [9.17, 15) is 4.79 Å². The van der Waals surface area contributed by atoms with Gasteiger partial charge in [0.2, 0.25) is 0 Å². The Morgan fingerprint density at radius 2 is 1.77 bits per heavy atom. The van der Waals surface area contributed by atoms with Crippen LogP contribution in [0.3, 0.4) is 0 Å². The zero-order valence-electron chi connectivity index (χ0n) is 17.3. The number of pyridine rings is 1. The van der Waals surface area contributed by atoms with Crippen molar-refractivity contribution in [1.29, 1.82) is 0 Å². The molecule has 30 heavy (non-hydrogen) atoms. The number of benzene rings is 1. The number of hydrogen-bond acceptors (Lipinski definition) is 5. The molecule has 0 spiro atoms. The Hall–Kier alpha value is -3.28. The van der Waals surface area contributed by atoms with Crippen molar-refractivity contribution in [2.45, 2.75) is 19.9 Å². The van der Waals surface area contributed by atoms with Gasteiger partial charge in [0.15, 0.2) is 0 Å². The van der Waals surface area contributed by atoms with Gasteiger partial charge in [-0.2, -0.15) is 0 Å². The minimum atomic E-state index is -0.0272. The number of hydrogen-bond donors (Lipinski definition) is 0. The van der Waals surface area contributed by atoms with E-state index in [0.29, 0.717) is 17.5 Å². The molecule has 2 aliphatic rings. The van der Waals surface area contributed by atoms with Gasteiger partial charge in [-0.1, -0.05) is 24.3 Å². The van der Waals surface area contributed by atoms with E-state index in [1.54, 1.807) is 12.4 Å². The predicted octanol–water partition coefficient (Wildman–Crippen LogP) is 3.44. The highest BCUT2D eigenvalue weighted by atomic mass is 16.2. The molecule has 4 heterocycles. The molecular weight excluding hydrogens is 374 g/mol. The second kappa shape index (κ2) is 7.52. The molecule has 5 rings (SSSR count). The lowest BCUT2D eigenvalue weighted by Crippen LogP contribution is -2.36. The van der Waals surface area contributed by atoms with E-state index in [1.165, 1.54) is 16.8 Å². The second-order valence-electron chi connectivity index (χ2n) is 8.34. The molecule has 152 valence electrons. The van der Waals surface area contributed by atoms with Gasteiger partial charge in [-0.25, -0.2) is 4.98 Å². The quantitative estimate of drug-likeness (QED) is 0.675. The normalized spacial score (nSPS) is 22.9. The van der Waals surface area contributed by atoms with E-state index >= 15 is 0 Å². The molecule has 2 aliphatic heterocycles. The Labute approximate surface area is 176 Å². The van der Waals surface area contributed by atoms with Crippen molar-refractivity contribution in [1.82, 2.24) is 19.9 Å². The van der Waals surface area contributed by atoms with Crippen LogP contribution < -0.4 is 4.90 Å². The van der Waals surface area contributed by atoms with Gasteiger partial charge in [-0.05, 0) is 37.1 Å². The number of amides is 1. The lowest BCUT2D eigenvalue weighted by Gasteiger charge is -2.31. The molecule has 2 fully saturated rings. The van der Waals surface area contributed by atoms with Gasteiger partial charge in [-0.3, -0.25) is 14.8 Å². The Morgan fingerprint density at radius 1 is 0.967 bits per heavy atom. The van der Waals surface area contributed by atoms with Crippen LogP contribution in [0.1, 0.15) is 33.4 Å². The van der Waals surface area contributed by atoms with E-state index in [2.05, 4.69) is 63.2 Å². The third-order valence-electron chi connectivity index (χ3n) is 6.46. The number of carbonyl (C=O) groups is 1. The summed E-state index contributed by atoms with van der Waals surface area (Å²) >= 11 is 0. The molecule has 0 unspecified atom stereocenters. The summed E-state index contributed by atoms with van der Waals surface area (Å²) in [5.74, 6) is 0.771. The maximum Gasteiger partial charge on any atom is 0.274 e. The molecule has 0 aliphatic carbocycles. The first-order valence-corrected chi connectivity index (χ1v) is 10.4. The van der Waals surface area contributed by atoms with Crippen molar-refractivity contribution in [2.24, 2.45) is 11.8 Å². The van der Waals surface area contributed by atoms with Gasteiger partial charge < -0.3 is 9.80 Å². The first-order chi connectivity index (χ1) is 14.6.